The van der Waals surface area contributed by atoms with Crippen LogP contribution in [-0.2, 0) is 9.59 Å². The summed E-state index contributed by atoms with van der Waals surface area (Å²) >= 11 is 0. The molecule has 1 spiro atoms. The predicted molar refractivity (Wildman–Crippen MR) is 96.0 cm³/mol. The molecule has 6 heteroatoms. The summed E-state index contributed by atoms with van der Waals surface area (Å²) in [4.78, 5) is 31.4. The number of carbonyl (C=O) groups is 2. The maximum atomic E-state index is 12.8. The van der Waals surface area contributed by atoms with Gasteiger partial charge in [-0.3, -0.25) is 14.5 Å². The van der Waals surface area contributed by atoms with Gasteiger partial charge in [-0.05, 0) is 38.6 Å². The van der Waals surface area contributed by atoms with Crippen molar-refractivity contribution >= 4 is 11.8 Å². The van der Waals surface area contributed by atoms with Crippen molar-refractivity contribution < 1.29 is 14.7 Å². The minimum atomic E-state index is -0.322. The Labute approximate surface area is 151 Å². The van der Waals surface area contributed by atoms with E-state index in [1.807, 2.05) is 16.8 Å². The molecule has 1 atom stereocenters. The van der Waals surface area contributed by atoms with Gasteiger partial charge in [-0.2, -0.15) is 0 Å². The molecule has 0 aromatic heterocycles. The van der Waals surface area contributed by atoms with Crippen molar-refractivity contribution in [3.8, 4) is 0 Å². The van der Waals surface area contributed by atoms with Crippen LogP contribution in [-0.4, -0.2) is 84.0 Å². The van der Waals surface area contributed by atoms with Gasteiger partial charge in [-0.1, -0.05) is 19.3 Å². The van der Waals surface area contributed by atoms with Gasteiger partial charge in [0, 0.05) is 32.7 Å². The van der Waals surface area contributed by atoms with E-state index in [-0.39, 0.29) is 23.8 Å². The second-order valence-corrected chi connectivity index (χ2v) is 8.16. The molecule has 1 saturated carbocycles. The SMILES string of the molecule is CN(C(=O)CN1CC[C@]2(CCCN(CCO)C2=O)C1)C1CCCCC1. The number of rotatable bonds is 5. The zero-order valence-corrected chi connectivity index (χ0v) is 15.6. The van der Waals surface area contributed by atoms with E-state index in [2.05, 4.69) is 4.90 Å². The van der Waals surface area contributed by atoms with Crippen LogP contribution < -0.4 is 0 Å². The lowest BCUT2D eigenvalue weighted by atomic mass is 9.78. The number of β-amino-alcohol motifs (C(OH)–C–C–N with tert-alkyl or cyclic N) is 1. The van der Waals surface area contributed by atoms with E-state index < -0.39 is 0 Å². The summed E-state index contributed by atoms with van der Waals surface area (Å²) in [5.74, 6) is 0.378. The molecule has 2 heterocycles. The minimum Gasteiger partial charge on any atom is -0.395 e. The third-order valence-electron chi connectivity index (χ3n) is 6.50. The van der Waals surface area contributed by atoms with Crippen LogP contribution in [0.5, 0.6) is 0 Å². The zero-order valence-electron chi connectivity index (χ0n) is 15.6. The molecule has 0 aromatic carbocycles. The van der Waals surface area contributed by atoms with E-state index in [1.54, 1.807) is 0 Å². The van der Waals surface area contributed by atoms with E-state index in [1.165, 1.54) is 19.3 Å². The maximum absolute atomic E-state index is 12.8. The van der Waals surface area contributed by atoms with Crippen LogP contribution in [0, 0.1) is 5.41 Å². The van der Waals surface area contributed by atoms with E-state index >= 15 is 0 Å². The molecule has 2 saturated heterocycles. The number of likely N-dealkylation sites (tertiary alicyclic amines) is 2. The molecule has 3 rings (SSSR count). The Bertz CT molecular complexity index is 490. The van der Waals surface area contributed by atoms with Gasteiger partial charge >= 0.3 is 0 Å². The van der Waals surface area contributed by atoms with E-state index in [0.717, 1.165) is 45.2 Å². The van der Waals surface area contributed by atoms with Crippen LogP contribution in [0.25, 0.3) is 0 Å². The van der Waals surface area contributed by atoms with Crippen LogP contribution >= 0.6 is 0 Å². The van der Waals surface area contributed by atoms with Crippen molar-refractivity contribution in [1.82, 2.24) is 14.7 Å². The zero-order chi connectivity index (χ0) is 17.9. The highest BCUT2D eigenvalue weighted by molar-refractivity contribution is 5.84. The fourth-order valence-electron chi connectivity index (χ4n) is 4.93. The van der Waals surface area contributed by atoms with Gasteiger partial charge in [0.15, 0.2) is 0 Å². The summed E-state index contributed by atoms with van der Waals surface area (Å²) in [6.45, 7) is 3.16. The fourth-order valence-corrected chi connectivity index (χ4v) is 4.93. The van der Waals surface area contributed by atoms with Crippen molar-refractivity contribution in [1.29, 1.82) is 0 Å². The first kappa shape index (κ1) is 18.6. The summed E-state index contributed by atoms with van der Waals surface area (Å²) in [5.41, 5.74) is -0.322. The third kappa shape index (κ3) is 4.00. The Morgan fingerprint density at radius 3 is 2.68 bits per heavy atom. The Morgan fingerprint density at radius 1 is 1.20 bits per heavy atom. The van der Waals surface area contributed by atoms with Crippen LogP contribution in [0.2, 0.25) is 0 Å². The van der Waals surface area contributed by atoms with Gasteiger partial charge in [0.2, 0.25) is 11.8 Å². The highest BCUT2D eigenvalue weighted by Gasteiger charge is 2.48. The topological polar surface area (TPSA) is 64.1 Å². The number of amides is 2. The number of piperidine rings is 1. The van der Waals surface area contributed by atoms with Crippen molar-refractivity contribution in [3.05, 3.63) is 0 Å². The van der Waals surface area contributed by atoms with Crippen LogP contribution in [0.1, 0.15) is 51.4 Å². The van der Waals surface area contributed by atoms with Gasteiger partial charge in [0.1, 0.15) is 0 Å². The molecule has 25 heavy (non-hydrogen) atoms. The number of nitrogens with zero attached hydrogens (tertiary/aromatic N) is 3. The molecule has 0 radical (unpaired) electrons. The number of aliphatic hydroxyl groups excluding tert-OH is 1. The molecule has 142 valence electrons. The number of hydrogen-bond donors (Lipinski definition) is 1. The van der Waals surface area contributed by atoms with Crippen molar-refractivity contribution in [2.24, 2.45) is 5.41 Å². The molecule has 2 aliphatic heterocycles. The first-order chi connectivity index (χ1) is 12.1. The number of carbonyl (C=O) groups excluding carboxylic acids is 2. The molecule has 1 aliphatic carbocycles. The molecule has 6 nitrogen and oxygen atoms in total. The highest BCUT2D eigenvalue weighted by atomic mass is 16.3. The van der Waals surface area contributed by atoms with Crippen molar-refractivity contribution in [3.63, 3.8) is 0 Å². The number of aliphatic hydroxyl groups is 1. The van der Waals surface area contributed by atoms with Gasteiger partial charge in [-0.25, -0.2) is 0 Å². The molecule has 2 amide bonds. The average molecular weight is 351 g/mol. The van der Waals surface area contributed by atoms with E-state index in [4.69, 9.17) is 5.11 Å². The molecule has 0 bridgehead atoms. The molecule has 3 fully saturated rings. The second-order valence-electron chi connectivity index (χ2n) is 8.16. The van der Waals surface area contributed by atoms with Gasteiger partial charge in [0.05, 0.1) is 18.6 Å². The Hall–Kier alpha value is -1.14. The molecular weight excluding hydrogens is 318 g/mol. The van der Waals surface area contributed by atoms with Gasteiger partial charge in [0.25, 0.3) is 0 Å². The van der Waals surface area contributed by atoms with Crippen LogP contribution in [0.15, 0.2) is 0 Å². The third-order valence-corrected chi connectivity index (χ3v) is 6.50. The van der Waals surface area contributed by atoms with Gasteiger partial charge in [-0.15, -0.1) is 0 Å². The summed E-state index contributed by atoms with van der Waals surface area (Å²) in [7, 11) is 1.94. The summed E-state index contributed by atoms with van der Waals surface area (Å²) in [6, 6.07) is 0.397. The largest absolute Gasteiger partial charge is 0.395 e. The van der Waals surface area contributed by atoms with E-state index in [0.29, 0.717) is 25.7 Å². The number of likely N-dealkylation sites (N-methyl/N-ethyl adjacent to an activating group) is 1. The second kappa shape index (κ2) is 8.04. The molecular formula is C19H33N3O3. The Balaban J connectivity index is 1.55. The lowest BCUT2D eigenvalue weighted by Gasteiger charge is -2.39. The first-order valence-electron chi connectivity index (χ1n) is 9.94. The standard InChI is InChI=1S/C19H33N3O3/c1-20(16-6-3-2-4-7-16)17(24)14-21-11-9-19(15-21)8-5-10-22(12-13-23)18(19)25/h16,23H,2-15H2,1H3/t19-/m1/s1. The van der Waals surface area contributed by atoms with Crippen molar-refractivity contribution in [2.45, 2.75) is 57.4 Å². The predicted octanol–water partition coefficient (Wildman–Crippen LogP) is 1.08. The van der Waals surface area contributed by atoms with Crippen LogP contribution in [0.4, 0.5) is 0 Å². The normalized spacial score (nSPS) is 28.7. The lowest BCUT2D eigenvalue weighted by molar-refractivity contribution is -0.146. The summed E-state index contributed by atoms with van der Waals surface area (Å²) in [5, 5.41) is 9.17. The lowest BCUT2D eigenvalue weighted by Crippen LogP contribution is -2.51. The van der Waals surface area contributed by atoms with Gasteiger partial charge < -0.3 is 14.9 Å². The monoisotopic (exact) mass is 351 g/mol. The maximum Gasteiger partial charge on any atom is 0.236 e. The minimum absolute atomic E-state index is 0.0240. The van der Waals surface area contributed by atoms with E-state index in [9.17, 15) is 9.59 Å². The molecule has 0 aromatic rings. The quantitative estimate of drug-likeness (QED) is 0.805. The first-order valence-corrected chi connectivity index (χ1v) is 9.94. The molecule has 0 unspecified atom stereocenters. The Kier molecular flexibility index (Phi) is 6.00. The van der Waals surface area contributed by atoms with Crippen molar-refractivity contribution in [2.75, 3.05) is 46.4 Å². The Morgan fingerprint density at radius 2 is 1.96 bits per heavy atom. The summed E-state index contributed by atoms with van der Waals surface area (Å²) in [6.07, 6.45) is 8.75. The summed E-state index contributed by atoms with van der Waals surface area (Å²) < 4.78 is 0. The number of hydrogen-bond acceptors (Lipinski definition) is 4. The smallest absolute Gasteiger partial charge is 0.236 e. The fraction of sp³-hybridized carbons (Fsp3) is 0.895. The highest BCUT2D eigenvalue weighted by Crippen LogP contribution is 2.40. The average Bonchev–Trinajstić information content (AvgIpc) is 3.03. The van der Waals surface area contributed by atoms with Crippen LogP contribution in [0.3, 0.4) is 0 Å². The molecule has 1 N–H and O–H groups in total. The molecule has 3 aliphatic rings.